The van der Waals surface area contributed by atoms with Crippen LogP contribution in [0.1, 0.15) is 56.6 Å². The summed E-state index contributed by atoms with van der Waals surface area (Å²) in [6.07, 6.45) is 1.85. The highest BCUT2D eigenvalue weighted by Gasteiger charge is 2.39. The number of aromatic nitrogens is 1. The van der Waals surface area contributed by atoms with E-state index in [0.29, 0.717) is 30.8 Å². The molecular formula is C30H38N2O8S. The number of carbonyl (C=O) groups excluding carboxylic acids is 1. The first-order chi connectivity index (χ1) is 19.1. The van der Waals surface area contributed by atoms with Gasteiger partial charge in [0.05, 0.1) is 22.5 Å². The van der Waals surface area contributed by atoms with Crippen LogP contribution in [-0.4, -0.2) is 64.0 Å². The predicted octanol–water partition coefficient (Wildman–Crippen LogP) is 3.27. The molecule has 41 heavy (non-hydrogen) atoms. The number of aliphatic hydroxyl groups excluding tert-OH is 1. The zero-order valence-electron chi connectivity index (χ0n) is 23.7. The smallest absolute Gasteiger partial charge is 0.255 e. The van der Waals surface area contributed by atoms with Crippen molar-refractivity contribution < 1.29 is 33.3 Å². The van der Waals surface area contributed by atoms with Crippen molar-refractivity contribution in [3.05, 3.63) is 82.8 Å². The van der Waals surface area contributed by atoms with E-state index in [0.717, 1.165) is 16.4 Å². The number of aliphatic hydroxyl groups is 2. The van der Waals surface area contributed by atoms with Crippen molar-refractivity contribution in [1.82, 2.24) is 9.88 Å². The Morgan fingerprint density at radius 2 is 1.71 bits per heavy atom. The Morgan fingerprint density at radius 3 is 2.29 bits per heavy atom. The van der Waals surface area contributed by atoms with E-state index in [1.165, 1.54) is 31.3 Å². The second kappa shape index (κ2) is 12.9. The molecule has 222 valence electrons. The number of benzene rings is 2. The van der Waals surface area contributed by atoms with E-state index in [2.05, 4.69) is 5.32 Å². The molecule has 10 nitrogen and oxygen atoms in total. The Balaban J connectivity index is 1.69. The van der Waals surface area contributed by atoms with Gasteiger partial charge in [-0.3, -0.25) is 14.2 Å². The Bertz CT molecular complexity index is 1510. The van der Waals surface area contributed by atoms with Crippen molar-refractivity contribution in [2.75, 3.05) is 19.4 Å². The molecule has 4 N–H and O–H groups in total. The molecule has 0 aliphatic carbocycles. The first-order valence-electron chi connectivity index (χ1n) is 13.2. The number of nitrogens with one attached hydrogen (secondary N) is 1. The molecule has 1 aromatic heterocycles. The van der Waals surface area contributed by atoms with Gasteiger partial charge in [0.1, 0.15) is 17.7 Å². The van der Waals surface area contributed by atoms with Gasteiger partial charge in [-0.15, -0.1) is 0 Å². The number of hydrogen-bond acceptors (Lipinski definition) is 8. The number of rotatable bonds is 13. The fourth-order valence-corrected chi connectivity index (χ4v) is 5.01. The molecule has 0 radical (unpaired) electrons. The zero-order chi connectivity index (χ0) is 30.4. The van der Waals surface area contributed by atoms with Crippen molar-refractivity contribution in [1.29, 1.82) is 0 Å². The summed E-state index contributed by atoms with van der Waals surface area (Å²) in [5.74, 6) is -0.260. The molecular weight excluding hydrogens is 548 g/mol. The Morgan fingerprint density at radius 1 is 1.05 bits per heavy atom. The number of hydrogen-bond donors (Lipinski definition) is 4. The lowest BCUT2D eigenvalue weighted by Crippen LogP contribution is -2.48. The average molecular weight is 587 g/mol. The summed E-state index contributed by atoms with van der Waals surface area (Å²) in [5, 5.41) is 33.1. The molecule has 0 aliphatic heterocycles. The molecule has 0 saturated heterocycles. The number of phenols is 1. The fourth-order valence-electron chi connectivity index (χ4n) is 4.22. The van der Waals surface area contributed by atoms with Crippen molar-refractivity contribution in [2.45, 2.75) is 56.6 Å². The highest BCUT2D eigenvalue weighted by Crippen LogP contribution is 2.27. The van der Waals surface area contributed by atoms with Gasteiger partial charge < -0.3 is 25.4 Å². The minimum Gasteiger partial charge on any atom is -0.507 e. The third-order valence-electron chi connectivity index (χ3n) is 6.94. The predicted molar refractivity (Wildman–Crippen MR) is 157 cm³/mol. The Labute approximate surface area is 240 Å². The van der Waals surface area contributed by atoms with Gasteiger partial charge in [0.25, 0.3) is 11.5 Å². The molecule has 0 bridgehead atoms. The quantitative estimate of drug-likeness (QED) is 0.223. The minimum absolute atomic E-state index is 0.0129. The van der Waals surface area contributed by atoms with Gasteiger partial charge in [-0.1, -0.05) is 24.3 Å². The standard InChI is InChI=1S/C30H38N2O8S/c1-29(2,37)15-7-17-40-23-12-10-21(11-13-23)22-14-16-32(26(34)18-22)27(35)19-30(3,41(4,38)39)20-31-28(36)24-8-5-6-9-25(24)33/h5-6,8-14,16,18,27,33,35,37H,7,15,17,19-20H2,1-4H3,(H,31,36). The van der Waals surface area contributed by atoms with E-state index in [1.54, 1.807) is 56.3 Å². The van der Waals surface area contributed by atoms with Crippen molar-refractivity contribution in [3.63, 3.8) is 0 Å². The monoisotopic (exact) mass is 586 g/mol. The average Bonchev–Trinajstić information content (AvgIpc) is 2.89. The molecule has 2 unspecified atom stereocenters. The molecule has 3 aromatic rings. The second-order valence-electron chi connectivity index (χ2n) is 11.1. The van der Waals surface area contributed by atoms with Gasteiger partial charge in [-0.05, 0) is 75.1 Å². The number of sulfone groups is 1. The maximum absolute atomic E-state index is 12.9. The lowest BCUT2D eigenvalue weighted by Gasteiger charge is -2.30. The highest BCUT2D eigenvalue weighted by molar-refractivity contribution is 7.92. The lowest BCUT2D eigenvalue weighted by atomic mass is 10.0. The molecule has 3 rings (SSSR count). The Hall–Kier alpha value is -3.67. The number of aromatic hydroxyl groups is 1. The van der Waals surface area contributed by atoms with E-state index in [-0.39, 0.29) is 24.3 Å². The molecule has 11 heteroatoms. The summed E-state index contributed by atoms with van der Waals surface area (Å²) < 4.78 is 30.5. The maximum atomic E-state index is 12.9. The van der Waals surface area contributed by atoms with Crippen LogP contribution in [0.3, 0.4) is 0 Å². The summed E-state index contributed by atoms with van der Waals surface area (Å²) in [5.41, 5.74) is 0.0680. The van der Waals surface area contributed by atoms with Crippen LogP contribution in [0.15, 0.2) is 71.7 Å². The largest absolute Gasteiger partial charge is 0.507 e. The van der Waals surface area contributed by atoms with Crippen LogP contribution < -0.4 is 15.6 Å². The number of nitrogens with zero attached hydrogens (tertiary/aromatic N) is 1. The molecule has 2 aromatic carbocycles. The number of pyridine rings is 1. The van der Waals surface area contributed by atoms with Gasteiger partial charge >= 0.3 is 0 Å². The SMILES string of the molecule is CC(C)(O)CCCOc1ccc(-c2ccn(C(O)CC(C)(CNC(=O)c3ccccc3O)S(C)(=O)=O)c(=O)c2)cc1. The first-order valence-corrected chi connectivity index (χ1v) is 15.1. The topological polar surface area (TPSA) is 155 Å². The Kier molecular flexibility index (Phi) is 10.0. The van der Waals surface area contributed by atoms with Crippen LogP contribution >= 0.6 is 0 Å². The molecule has 1 amide bonds. The number of para-hydroxylation sites is 1. The number of phenolic OH excluding ortho intramolecular Hbond substituents is 1. The van der Waals surface area contributed by atoms with E-state index < -0.39 is 37.9 Å². The first kappa shape index (κ1) is 31.9. The van der Waals surface area contributed by atoms with Crippen LogP contribution in [0.4, 0.5) is 0 Å². The van der Waals surface area contributed by atoms with Crippen molar-refractivity contribution >= 4 is 15.7 Å². The summed E-state index contributed by atoms with van der Waals surface area (Å²) in [6.45, 7) is 4.98. The normalized spacial score (nSPS) is 14.2. The van der Waals surface area contributed by atoms with Crippen molar-refractivity contribution in [3.8, 4) is 22.6 Å². The number of carbonyl (C=O) groups is 1. The minimum atomic E-state index is -3.82. The number of ether oxygens (including phenoxy) is 1. The van der Waals surface area contributed by atoms with Crippen LogP contribution in [0, 0.1) is 0 Å². The van der Waals surface area contributed by atoms with Crippen LogP contribution in [0.2, 0.25) is 0 Å². The summed E-state index contributed by atoms with van der Waals surface area (Å²) in [4.78, 5) is 25.5. The van der Waals surface area contributed by atoms with Crippen LogP contribution in [0.25, 0.3) is 11.1 Å². The van der Waals surface area contributed by atoms with E-state index in [4.69, 9.17) is 4.74 Å². The van der Waals surface area contributed by atoms with E-state index in [1.807, 2.05) is 0 Å². The van der Waals surface area contributed by atoms with Crippen LogP contribution in [0.5, 0.6) is 11.5 Å². The van der Waals surface area contributed by atoms with E-state index in [9.17, 15) is 33.3 Å². The van der Waals surface area contributed by atoms with Gasteiger partial charge in [0, 0.05) is 31.5 Å². The molecule has 0 saturated carbocycles. The third-order valence-corrected chi connectivity index (χ3v) is 9.04. The zero-order valence-corrected chi connectivity index (χ0v) is 24.5. The third kappa shape index (κ3) is 8.66. The van der Waals surface area contributed by atoms with Gasteiger partial charge in [-0.2, -0.15) is 0 Å². The molecule has 0 fully saturated rings. The van der Waals surface area contributed by atoms with E-state index >= 15 is 0 Å². The molecule has 0 aliphatic rings. The maximum Gasteiger partial charge on any atom is 0.255 e. The van der Waals surface area contributed by atoms with Gasteiger partial charge in [0.2, 0.25) is 0 Å². The lowest BCUT2D eigenvalue weighted by molar-refractivity contribution is 0.0641. The summed E-state index contributed by atoms with van der Waals surface area (Å²) in [6, 6.07) is 16.0. The van der Waals surface area contributed by atoms with Crippen LogP contribution in [-0.2, 0) is 9.84 Å². The summed E-state index contributed by atoms with van der Waals surface area (Å²) >= 11 is 0. The molecule has 1 heterocycles. The molecule has 2 atom stereocenters. The second-order valence-corrected chi connectivity index (χ2v) is 13.6. The summed E-state index contributed by atoms with van der Waals surface area (Å²) in [7, 11) is -3.82. The van der Waals surface area contributed by atoms with Crippen molar-refractivity contribution in [2.24, 2.45) is 0 Å². The van der Waals surface area contributed by atoms with Gasteiger partial charge in [0.15, 0.2) is 9.84 Å². The number of amides is 1. The van der Waals surface area contributed by atoms with Gasteiger partial charge in [-0.25, -0.2) is 8.42 Å². The molecule has 0 spiro atoms. The fraction of sp³-hybridized carbons (Fsp3) is 0.400. The highest BCUT2D eigenvalue weighted by atomic mass is 32.2.